The van der Waals surface area contributed by atoms with E-state index in [0.29, 0.717) is 22.3 Å². The van der Waals surface area contributed by atoms with Gasteiger partial charge in [-0.05, 0) is 18.6 Å². The minimum atomic E-state index is -0.0251. The molecule has 0 bridgehead atoms. The van der Waals surface area contributed by atoms with Gasteiger partial charge in [0, 0.05) is 12.6 Å². The normalized spacial score (nSPS) is 17.8. The first-order chi connectivity index (χ1) is 9.11. The molecule has 0 saturated heterocycles. The molecule has 0 spiro atoms. The van der Waals surface area contributed by atoms with Crippen molar-refractivity contribution < 1.29 is 9.53 Å². The van der Waals surface area contributed by atoms with Crippen LogP contribution in [0.5, 0.6) is 5.75 Å². The molecule has 0 fully saturated rings. The average Bonchev–Trinajstić information content (AvgIpc) is 2.88. The molecule has 1 amide bonds. The minimum Gasteiger partial charge on any atom is -0.484 e. The molecule has 102 valence electrons. The van der Waals surface area contributed by atoms with E-state index in [1.807, 2.05) is 6.08 Å². The molecule has 0 N–H and O–H groups in total. The Hall–Kier alpha value is -1.19. The molecule has 3 nitrogen and oxygen atoms in total. The van der Waals surface area contributed by atoms with Crippen LogP contribution >= 0.6 is 23.2 Å². The van der Waals surface area contributed by atoms with Crippen LogP contribution in [0.4, 0.5) is 0 Å². The van der Waals surface area contributed by atoms with Gasteiger partial charge in [-0.3, -0.25) is 4.79 Å². The van der Waals surface area contributed by atoms with Crippen LogP contribution in [0.25, 0.3) is 0 Å². The first-order valence-electron chi connectivity index (χ1n) is 6.15. The van der Waals surface area contributed by atoms with Gasteiger partial charge in [-0.15, -0.1) is 0 Å². The molecule has 0 saturated carbocycles. The highest BCUT2D eigenvalue weighted by atomic mass is 35.5. The highest BCUT2D eigenvalue weighted by Gasteiger charge is 2.23. The number of amides is 1. The van der Waals surface area contributed by atoms with Crippen molar-refractivity contribution in [1.29, 1.82) is 0 Å². The summed E-state index contributed by atoms with van der Waals surface area (Å²) in [5.74, 6) is 0.519. The number of carbonyl (C=O) groups is 1. The number of benzene rings is 1. The Labute approximate surface area is 122 Å². The highest BCUT2D eigenvalue weighted by Crippen LogP contribution is 2.26. The number of nitrogens with zero attached hydrogens (tertiary/aromatic N) is 1. The lowest BCUT2D eigenvalue weighted by atomic mass is 10.2. The van der Waals surface area contributed by atoms with E-state index in [2.05, 4.69) is 13.0 Å². The van der Waals surface area contributed by atoms with E-state index in [4.69, 9.17) is 27.9 Å². The van der Waals surface area contributed by atoms with Gasteiger partial charge in [0.1, 0.15) is 5.75 Å². The minimum absolute atomic E-state index is 0.0101. The lowest BCUT2D eigenvalue weighted by Gasteiger charge is -2.23. The van der Waals surface area contributed by atoms with Crippen molar-refractivity contribution in [2.75, 3.05) is 13.2 Å². The second-order valence-corrected chi connectivity index (χ2v) is 5.13. The molecule has 1 aliphatic rings. The topological polar surface area (TPSA) is 29.5 Å². The molecule has 0 aromatic heterocycles. The van der Waals surface area contributed by atoms with E-state index in [0.717, 1.165) is 6.42 Å². The van der Waals surface area contributed by atoms with Gasteiger partial charge < -0.3 is 9.64 Å². The van der Waals surface area contributed by atoms with Crippen molar-refractivity contribution in [2.24, 2.45) is 0 Å². The third-order valence-electron chi connectivity index (χ3n) is 3.05. The number of hydrogen-bond acceptors (Lipinski definition) is 2. The van der Waals surface area contributed by atoms with E-state index in [1.165, 1.54) is 0 Å². The first-order valence-corrected chi connectivity index (χ1v) is 6.91. The molecule has 0 aliphatic carbocycles. The SMILES string of the molecule is CCC1C=CCN1C(=O)COc1ccc(Cl)c(Cl)c1. The summed E-state index contributed by atoms with van der Waals surface area (Å²) in [6.07, 6.45) is 4.97. The van der Waals surface area contributed by atoms with Crippen LogP contribution in [0, 0.1) is 0 Å². The Morgan fingerprint density at radius 1 is 1.42 bits per heavy atom. The zero-order chi connectivity index (χ0) is 13.8. The highest BCUT2D eigenvalue weighted by molar-refractivity contribution is 6.42. The molecule has 1 atom stereocenters. The van der Waals surface area contributed by atoms with Crippen molar-refractivity contribution in [2.45, 2.75) is 19.4 Å². The van der Waals surface area contributed by atoms with Gasteiger partial charge in [0.05, 0.1) is 16.1 Å². The first kappa shape index (κ1) is 14.2. The second-order valence-electron chi connectivity index (χ2n) is 4.31. The summed E-state index contributed by atoms with van der Waals surface area (Å²) >= 11 is 11.7. The number of rotatable bonds is 4. The predicted octanol–water partition coefficient (Wildman–Crippen LogP) is 3.55. The zero-order valence-corrected chi connectivity index (χ0v) is 12.1. The molecular weight excluding hydrogens is 285 g/mol. The summed E-state index contributed by atoms with van der Waals surface area (Å²) in [5.41, 5.74) is 0. The van der Waals surface area contributed by atoms with Crippen LogP contribution in [0.1, 0.15) is 13.3 Å². The van der Waals surface area contributed by atoms with E-state index in [9.17, 15) is 4.79 Å². The maximum absolute atomic E-state index is 12.0. The fourth-order valence-electron chi connectivity index (χ4n) is 2.01. The van der Waals surface area contributed by atoms with Gasteiger partial charge in [-0.25, -0.2) is 0 Å². The van der Waals surface area contributed by atoms with Crippen LogP contribution in [0.2, 0.25) is 10.0 Å². The zero-order valence-electron chi connectivity index (χ0n) is 10.6. The fourth-order valence-corrected chi connectivity index (χ4v) is 2.30. The van der Waals surface area contributed by atoms with Crippen LogP contribution in [-0.2, 0) is 4.79 Å². The molecule has 1 aromatic carbocycles. The monoisotopic (exact) mass is 299 g/mol. The molecule has 1 unspecified atom stereocenters. The Morgan fingerprint density at radius 2 is 2.21 bits per heavy atom. The van der Waals surface area contributed by atoms with Crippen LogP contribution in [-0.4, -0.2) is 30.0 Å². The summed E-state index contributed by atoms with van der Waals surface area (Å²) in [4.78, 5) is 13.8. The molecule has 1 heterocycles. The Morgan fingerprint density at radius 3 is 2.89 bits per heavy atom. The van der Waals surface area contributed by atoms with Crippen molar-refractivity contribution in [3.63, 3.8) is 0 Å². The maximum atomic E-state index is 12.0. The standard InChI is InChI=1S/C14H15Cl2NO2/c1-2-10-4-3-7-17(10)14(18)9-19-11-5-6-12(15)13(16)8-11/h3-6,8,10H,2,7,9H2,1H3. The van der Waals surface area contributed by atoms with E-state index in [-0.39, 0.29) is 18.6 Å². The largest absolute Gasteiger partial charge is 0.484 e. The molecule has 2 rings (SSSR count). The molecule has 19 heavy (non-hydrogen) atoms. The van der Waals surface area contributed by atoms with Gasteiger partial charge in [-0.2, -0.15) is 0 Å². The quantitative estimate of drug-likeness (QED) is 0.796. The van der Waals surface area contributed by atoms with E-state index in [1.54, 1.807) is 23.1 Å². The van der Waals surface area contributed by atoms with Crippen LogP contribution in [0.15, 0.2) is 30.4 Å². The maximum Gasteiger partial charge on any atom is 0.261 e. The number of carbonyl (C=O) groups excluding carboxylic acids is 1. The van der Waals surface area contributed by atoms with Crippen molar-refractivity contribution in [3.05, 3.63) is 40.4 Å². The van der Waals surface area contributed by atoms with Crippen molar-refractivity contribution in [3.8, 4) is 5.75 Å². The van der Waals surface area contributed by atoms with Gasteiger partial charge in [0.25, 0.3) is 5.91 Å². The van der Waals surface area contributed by atoms with Crippen LogP contribution < -0.4 is 4.74 Å². The summed E-state index contributed by atoms with van der Waals surface area (Å²) < 4.78 is 5.45. The lowest BCUT2D eigenvalue weighted by Crippen LogP contribution is -2.38. The molecule has 0 radical (unpaired) electrons. The average molecular weight is 300 g/mol. The number of ether oxygens (including phenoxy) is 1. The number of hydrogen-bond donors (Lipinski definition) is 0. The molecule has 1 aromatic rings. The Bertz CT molecular complexity index is 502. The fraction of sp³-hybridized carbons (Fsp3) is 0.357. The molecular formula is C14H15Cl2NO2. The molecule has 5 heteroatoms. The summed E-state index contributed by atoms with van der Waals surface area (Å²) in [6.45, 7) is 2.72. The summed E-state index contributed by atoms with van der Waals surface area (Å²) in [7, 11) is 0. The predicted molar refractivity (Wildman–Crippen MR) is 76.9 cm³/mol. The summed E-state index contributed by atoms with van der Waals surface area (Å²) in [6, 6.07) is 5.14. The van der Waals surface area contributed by atoms with Gasteiger partial charge >= 0.3 is 0 Å². The third-order valence-corrected chi connectivity index (χ3v) is 3.79. The van der Waals surface area contributed by atoms with Gasteiger partial charge in [-0.1, -0.05) is 42.3 Å². The van der Waals surface area contributed by atoms with E-state index >= 15 is 0 Å². The Balaban J connectivity index is 1.91. The van der Waals surface area contributed by atoms with Crippen LogP contribution in [0.3, 0.4) is 0 Å². The van der Waals surface area contributed by atoms with E-state index < -0.39 is 0 Å². The van der Waals surface area contributed by atoms with Gasteiger partial charge in [0.2, 0.25) is 0 Å². The second kappa shape index (κ2) is 6.31. The van der Waals surface area contributed by atoms with Crippen molar-refractivity contribution >= 4 is 29.1 Å². The molecule has 1 aliphatic heterocycles. The van der Waals surface area contributed by atoms with Gasteiger partial charge in [0.15, 0.2) is 6.61 Å². The number of halogens is 2. The Kier molecular flexibility index (Phi) is 4.72. The smallest absolute Gasteiger partial charge is 0.261 e. The lowest BCUT2D eigenvalue weighted by molar-refractivity contribution is -0.133. The third kappa shape index (κ3) is 3.43. The summed E-state index contributed by atoms with van der Waals surface area (Å²) in [5, 5.41) is 0.885. The van der Waals surface area contributed by atoms with Crippen molar-refractivity contribution in [1.82, 2.24) is 4.90 Å².